The lowest BCUT2D eigenvalue weighted by atomic mass is 10.1. The standard InChI is InChI=1S/C10H8Cl2/c11-10(12)9-6-5-7-3-1-2-4-8(7)9/h1-4H,5-6H2. The summed E-state index contributed by atoms with van der Waals surface area (Å²) >= 11 is 11.5. The highest BCUT2D eigenvalue weighted by Crippen LogP contribution is 2.36. The average molecular weight is 199 g/mol. The molecule has 0 atom stereocenters. The molecule has 0 bridgehead atoms. The number of fused-ring (bicyclic) bond motifs is 1. The van der Waals surface area contributed by atoms with Gasteiger partial charge in [0.05, 0.1) is 0 Å². The van der Waals surface area contributed by atoms with Crippen LogP contribution in [0.3, 0.4) is 0 Å². The summed E-state index contributed by atoms with van der Waals surface area (Å²) in [5.74, 6) is 0. The second kappa shape index (κ2) is 3.12. The molecule has 12 heavy (non-hydrogen) atoms. The zero-order valence-corrected chi connectivity index (χ0v) is 7.99. The lowest BCUT2D eigenvalue weighted by Crippen LogP contribution is -1.78. The fraction of sp³-hybridized carbons (Fsp3) is 0.200. The second-order valence-corrected chi connectivity index (χ2v) is 3.85. The van der Waals surface area contributed by atoms with E-state index in [1.165, 1.54) is 11.1 Å². The first kappa shape index (κ1) is 8.15. The molecule has 1 aliphatic carbocycles. The zero-order chi connectivity index (χ0) is 8.55. The molecular formula is C10H8Cl2. The van der Waals surface area contributed by atoms with Crippen molar-refractivity contribution < 1.29 is 0 Å². The summed E-state index contributed by atoms with van der Waals surface area (Å²) in [5, 5.41) is 0. The van der Waals surface area contributed by atoms with Gasteiger partial charge in [0.2, 0.25) is 0 Å². The quantitative estimate of drug-likeness (QED) is 0.596. The van der Waals surface area contributed by atoms with Gasteiger partial charge in [-0.3, -0.25) is 0 Å². The molecule has 0 nitrogen and oxygen atoms in total. The van der Waals surface area contributed by atoms with Crippen LogP contribution in [0, 0.1) is 0 Å². The van der Waals surface area contributed by atoms with Crippen molar-refractivity contribution in [3.8, 4) is 0 Å². The minimum Gasteiger partial charge on any atom is -0.0706 e. The van der Waals surface area contributed by atoms with Gasteiger partial charge >= 0.3 is 0 Å². The molecule has 1 aromatic carbocycles. The van der Waals surface area contributed by atoms with Crippen LogP contribution in [0.4, 0.5) is 0 Å². The van der Waals surface area contributed by atoms with E-state index in [0.29, 0.717) is 4.49 Å². The molecule has 0 heterocycles. The van der Waals surface area contributed by atoms with Crippen LogP contribution in [0.2, 0.25) is 0 Å². The summed E-state index contributed by atoms with van der Waals surface area (Å²) in [6.45, 7) is 0. The predicted octanol–water partition coefficient (Wildman–Crippen LogP) is 3.78. The maximum atomic E-state index is 5.76. The first-order valence-corrected chi connectivity index (χ1v) is 4.67. The number of hydrogen-bond acceptors (Lipinski definition) is 0. The Labute approximate surface area is 81.8 Å². The third-order valence-corrected chi connectivity index (χ3v) is 2.67. The highest BCUT2D eigenvalue weighted by atomic mass is 35.5. The van der Waals surface area contributed by atoms with Crippen LogP contribution in [0.5, 0.6) is 0 Å². The van der Waals surface area contributed by atoms with Gasteiger partial charge in [-0.05, 0) is 29.5 Å². The second-order valence-electron chi connectivity index (χ2n) is 2.90. The highest BCUT2D eigenvalue weighted by Gasteiger charge is 2.17. The molecule has 62 valence electrons. The molecule has 2 heteroatoms. The molecule has 0 unspecified atom stereocenters. The van der Waals surface area contributed by atoms with Crippen molar-refractivity contribution in [1.29, 1.82) is 0 Å². The molecule has 0 spiro atoms. The van der Waals surface area contributed by atoms with Crippen LogP contribution in [0.25, 0.3) is 5.57 Å². The maximum absolute atomic E-state index is 5.76. The SMILES string of the molecule is ClC(Cl)=C1CCc2ccccc21. The Bertz CT molecular complexity index is 335. The van der Waals surface area contributed by atoms with Crippen LogP contribution in [-0.2, 0) is 6.42 Å². The van der Waals surface area contributed by atoms with Crippen molar-refractivity contribution in [3.63, 3.8) is 0 Å². The molecule has 0 radical (unpaired) electrons. The van der Waals surface area contributed by atoms with E-state index in [1.807, 2.05) is 12.1 Å². The van der Waals surface area contributed by atoms with Crippen molar-refractivity contribution in [2.75, 3.05) is 0 Å². The zero-order valence-electron chi connectivity index (χ0n) is 6.48. The predicted molar refractivity (Wildman–Crippen MR) is 53.4 cm³/mol. The molecule has 0 aliphatic heterocycles. The van der Waals surface area contributed by atoms with E-state index in [9.17, 15) is 0 Å². The van der Waals surface area contributed by atoms with Gasteiger partial charge in [-0.25, -0.2) is 0 Å². The van der Waals surface area contributed by atoms with Crippen LogP contribution in [0.1, 0.15) is 17.5 Å². The van der Waals surface area contributed by atoms with Crippen molar-refractivity contribution in [3.05, 3.63) is 39.9 Å². The van der Waals surface area contributed by atoms with Crippen LogP contribution in [-0.4, -0.2) is 0 Å². The molecule has 0 N–H and O–H groups in total. The minimum absolute atomic E-state index is 0.417. The molecule has 2 rings (SSSR count). The lowest BCUT2D eigenvalue weighted by Gasteiger charge is -1.99. The summed E-state index contributed by atoms with van der Waals surface area (Å²) in [5.41, 5.74) is 3.66. The molecule has 0 amide bonds. The minimum atomic E-state index is 0.417. The van der Waals surface area contributed by atoms with Gasteiger partial charge < -0.3 is 0 Å². The first-order valence-electron chi connectivity index (χ1n) is 3.91. The molecule has 0 saturated carbocycles. The van der Waals surface area contributed by atoms with Crippen LogP contribution >= 0.6 is 23.2 Å². The highest BCUT2D eigenvalue weighted by molar-refractivity contribution is 6.58. The maximum Gasteiger partial charge on any atom is 0.110 e. The van der Waals surface area contributed by atoms with E-state index >= 15 is 0 Å². The topological polar surface area (TPSA) is 0 Å². The van der Waals surface area contributed by atoms with Crippen molar-refractivity contribution in [2.24, 2.45) is 0 Å². The number of rotatable bonds is 0. The van der Waals surface area contributed by atoms with Crippen molar-refractivity contribution in [2.45, 2.75) is 12.8 Å². The summed E-state index contributed by atoms with van der Waals surface area (Å²) < 4.78 is 0.417. The van der Waals surface area contributed by atoms with E-state index < -0.39 is 0 Å². The number of allylic oxidation sites excluding steroid dienone is 1. The lowest BCUT2D eigenvalue weighted by molar-refractivity contribution is 1.08. The van der Waals surface area contributed by atoms with Crippen molar-refractivity contribution in [1.82, 2.24) is 0 Å². The van der Waals surface area contributed by atoms with Gasteiger partial charge in [0.25, 0.3) is 0 Å². The fourth-order valence-electron chi connectivity index (χ4n) is 1.62. The summed E-state index contributed by atoms with van der Waals surface area (Å²) in [4.78, 5) is 0. The van der Waals surface area contributed by atoms with Gasteiger partial charge in [-0.2, -0.15) is 0 Å². The van der Waals surface area contributed by atoms with Gasteiger partial charge in [-0.1, -0.05) is 47.5 Å². The van der Waals surface area contributed by atoms with E-state index in [1.54, 1.807) is 0 Å². The summed E-state index contributed by atoms with van der Waals surface area (Å²) in [6, 6.07) is 8.26. The Hall–Kier alpha value is -0.460. The van der Waals surface area contributed by atoms with E-state index in [2.05, 4.69) is 12.1 Å². The van der Waals surface area contributed by atoms with Gasteiger partial charge in [0.1, 0.15) is 4.49 Å². The van der Waals surface area contributed by atoms with E-state index in [0.717, 1.165) is 18.4 Å². The monoisotopic (exact) mass is 198 g/mol. The Morgan fingerprint density at radius 1 is 1.08 bits per heavy atom. The van der Waals surface area contributed by atoms with E-state index in [4.69, 9.17) is 23.2 Å². The Kier molecular flexibility index (Phi) is 2.12. The Balaban J connectivity index is 2.57. The summed E-state index contributed by atoms with van der Waals surface area (Å²) in [6.07, 6.45) is 2.04. The number of aryl methyl sites for hydroxylation is 1. The van der Waals surface area contributed by atoms with Crippen molar-refractivity contribution >= 4 is 28.8 Å². The third kappa shape index (κ3) is 1.26. The largest absolute Gasteiger partial charge is 0.110 e. The molecule has 1 aliphatic rings. The molecule has 1 aromatic rings. The number of hydrogen-bond donors (Lipinski definition) is 0. The Morgan fingerprint density at radius 2 is 1.83 bits per heavy atom. The summed E-state index contributed by atoms with van der Waals surface area (Å²) in [7, 11) is 0. The number of halogens is 2. The van der Waals surface area contributed by atoms with Crippen LogP contribution in [0.15, 0.2) is 28.8 Å². The fourth-order valence-corrected chi connectivity index (χ4v) is 2.02. The van der Waals surface area contributed by atoms with Gasteiger partial charge in [0, 0.05) is 0 Å². The third-order valence-electron chi connectivity index (χ3n) is 2.21. The molecular weight excluding hydrogens is 191 g/mol. The van der Waals surface area contributed by atoms with Gasteiger partial charge in [-0.15, -0.1) is 0 Å². The van der Waals surface area contributed by atoms with Crippen LogP contribution < -0.4 is 0 Å². The molecule has 0 aromatic heterocycles. The normalized spacial score (nSPS) is 14.7. The number of benzene rings is 1. The average Bonchev–Trinajstić information content (AvgIpc) is 2.47. The first-order chi connectivity index (χ1) is 5.79. The Morgan fingerprint density at radius 3 is 2.58 bits per heavy atom. The smallest absolute Gasteiger partial charge is 0.0706 e. The molecule has 0 saturated heterocycles. The van der Waals surface area contributed by atoms with Gasteiger partial charge in [0.15, 0.2) is 0 Å². The molecule has 0 fully saturated rings. The van der Waals surface area contributed by atoms with E-state index in [-0.39, 0.29) is 0 Å².